The molecule has 27 valence electrons. The molecule has 0 amide bonds. The van der Waals surface area contributed by atoms with E-state index < -0.39 is 0 Å². The summed E-state index contributed by atoms with van der Waals surface area (Å²) in [6, 6.07) is 0. The maximum Gasteiger partial charge on any atom is -0.0288 e. The molecule has 0 N–H and O–H groups in total. The third-order valence-corrected chi connectivity index (χ3v) is 0.866. The molecular formula is C5H7. The van der Waals surface area contributed by atoms with Gasteiger partial charge in [-0.15, -0.1) is 0 Å². The molecule has 0 saturated heterocycles. The summed E-state index contributed by atoms with van der Waals surface area (Å²) in [6.07, 6.45) is 4.56. The summed E-state index contributed by atoms with van der Waals surface area (Å²) in [4.78, 5) is 0. The fraction of sp³-hybridized carbons (Fsp3) is 0.400. The molecule has 0 spiro atoms. The quantitative estimate of drug-likeness (QED) is 0.377. The first-order valence-electron chi connectivity index (χ1n) is 1.88. The van der Waals surface area contributed by atoms with Gasteiger partial charge in [-0.3, -0.25) is 0 Å². The fourth-order valence-electron chi connectivity index (χ4n) is 0.348. The Morgan fingerprint density at radius 3 is 2.00 bits per heavy atom. The van der Waals surface area contributed by atoms with Crippen molar-refractivity contribution in [1.82, 2.24) is 0 Å². The molecule has 1 aliphatic rings. The first kappa shape index (κ1) is 2.95. The van der Waals surface area contributed by atoms with Crippen molar-refractivity contribution in [2.24, 2.45) is 0 Å². The van der Waals surface area contributed by atoms with Crippen molar-refractivity contribution in [3.05, 3.63) is 18.6 Å². The van der Waals surface area contributed by atoms with Crippen molar-refractivity contribution < 1.29 is 0 Å². The van der Waals surface area contributed by atoms with Crippen LogP contribution in [0.3, 0.4) is 0 Å². The Hall–Kier alpha value is -0.260. The zero-order valence-corrected chi connectivity index (χ0v) is 3.20. The lowest BCUT2D eigenvalue weighted by Crippen LogP contribution is -1.93. The van der Waals surface area contributed by atoms with E-state index in [-0.39, 0.29) is 0 Å². The van der Waals surface area contributed by atoms with Crippen LogP contribution in [0.1, 0.15) is 12.8 Å². The molecule has 1 saturated carbocycles. The molecule has 0 aliphatic heterocycles. The molecule has 1 radical (unpaired) electrons. The summed E-state index contributed by atoms with van der Waals surface area (Å²) >= 11 is 0. The van der Waals surface area contributed by atoms with Gasteiger partial charge in [0, 0.05) is 0 Å². The molecule has 0 heteroatoms. The van der Waals surface area contributed by atoms with Gasteiger partial charge in [0.1, 0.15) is 0 Å². The van der Waals surface area contributed by atoms with E-state index in [1.807, 2.05) is 0 Å². The maximum absolute atomic E-state index is 3.73. The molecule has 0 aromatic rings. The van der Waals surface area contributed by atoms with E-state index in [4.69, 9.17) is 0 Å². The normalized spacial score (nSPS) is 22.0. The molecule has 1 fully saturated rings. The standard InChI is InChI=1S/C5H7/c1-5-3-2-4-5/h2H,1,3-4H2. The van der Waals surface area contributed by atoms with Crippen molar-refractivity contribution >= 4 is 0 Å². The van der Waals surface area contributed by atoms with Gasteiger partial charge in [-0.1, -0.05) is 12.2 Å². The van der Waals surface area contributed by atoms with Gasteiger partial charge in [0.05, 0.1) is 0 Å². The van der Waals surface area contributed by atoms with E-state index in [1.165, 1.54) is 18.4 Å². The van der Waals surface area contributed by atoms with Gasteiger partial charge in [-0.25, -0.2) is 0 Å². The van der Waals surface area contributed by atoms with Crippen LogP contribution in [0.4, 0.5) is 0 Å². The topological polar surface area (TPSA) is 0 Å². The van der Waals surface area contributed by atoms with E-state index in [0.29, 0.717) is 0 Å². The molecule has 0 bridgehead atoms. The average molecular weight is 67.1 g/mol. The maximum atomic E-state index is 3.73. The van der Waals surface area contributed by atoms with Crippen molar-refractivity contribution in [3.8, 4) is 0 Å². The minimum atomic E-state index is 1.17. The lowest BCUT2D eigenvalue weighted by atomic mass is 9.95. The molecule has 0 aromatic carbocycles. The molecule has 1 aliphatic carbocycles. The van der Waals surface area contributed by atoms with E-state index in [9.17, 15) is 0 Å². The van der Waals surface area contributed by atoms with Crippen molar-refractivity contribution in [2.45, 2.75) is 12.8 Å². The lowest BCUT2D eigenvalue weighted by Gasteiger charge is -2.11. The molecule has 0 unspecified atom stereocenters. The molecule has 0 atom stereocenters. The third-order valence-electron chi connectivity index (χ3n) is 0.866. The van der Waals surface area contributed by atoms with Crippen LogP contribution in [0, 0.1) is 6.42 Å². The van der Waals surface area contributed by atoms with Crippen LogP contribution in [0.2, 0.25) is 0 Å². The summed E-state index contributed by atoms with van der Waals surface area (Å²) < 4.78 is 0. The van der Waals surface area contributed by atoms with Crippen LogP contribution < -0.4 is 0 Å². The summed E-state index contributed by atoms with van der Waals surface area (Å²) in [6.45, 7) is 3.73. The SMILES string of the molecule is C=C1C[CH]C1. The Bertz CT molecular complexity index is 47.1. The summed E-state index contributed by atoms with van der Waals surface area (Å²) in [5.74, 6) is 0. The Labute approximate surface area is 32.5 Å². The zero-order valence-electron chi connectivity index (χ0n) is 3.20. The number of allylic oxidation sites excluding steroid dienone is 1. The number of hydrogen-bond donors (Lipinski definition) is 0. The molecule has 1 rings (SSSR count). The predicted octanol–water partition coefficient (Wildman–Crippen LogP) is 1.54. The molecule has 0 aromatic heterocycles. The van der Waals surface area contributed by atoms with Gasteiger partial charge >= 0.3 is 0 Å². The monoisotopic (exact) mass is 67.1 g/mol. The summed E-state index contributed by atoms with van der Waals surface area (Å²) in [5.41, 5.74) is 1.38. The number of rotatable bonds is 0. The van der Waals surface area contributed by atoms with Crippen molar-refractivity contribution in [1.29, 1.82) is 0 Å². The average Bonchev–Trinajstić information content (AvgIpc) is 1.30. The fourth-order valence-corrected chi connectivity index (χ4v) is 0.348. The molecular weight excluding hydrogens is 60.1 g/mol. The van der Waals surface area contributed by atoms with Gasteiger partial charge < -0.3 is 0 Å². The van der Waals surface area contributed by atoms with Crippen molar-refractivity contribution in [3.63, 3.8) is 0 Å². The summed E-state index contributed by atoms with van der Waals surface area (Å²) in [7, 11) is 0. The Balaban J connectivity index is 2.32. The van der Waals surface area contributed by atoms with Crippen molar-refractivity contribution in [2.75, 3.05) is 0 Å². The van der Waals surface area contributed by atoms with Crippen LogP contribution in [0.5, 0.6) is 0 Å². The van der Waals surface area contributed by atoms with E-state index in [0.717, 1.165) is 0 Å². The van der Waals surface area contributed by atoms with Crippen LogP contribution in [-0.2, 0) is 0 Å². The highest BCUT2D eigenvalue weighted by molar-refractivity contribution is 5.12. The van der Waals surface area contributed by atoms with Crippen LogP contribution in [0.25, 0.3) is 0 Å². The highest BCUT2D eigenvalue weighted by atomic mass is 14.1. The smallest absolute Gasteiger partial charge is 0.0288 e. The Morgan fingerprint density at radius 2 is 2.00 bits per heavy atom. The molecule has 5 heavy (non-hydrogen) atoms. The zero-order chi connectivity index (χ0) is 3.70. The molecule has 0 heterocycles. The van der Waals surface area contributed by atoms with Gasteiger partial charge in [-0.05, 0) is 19.3 Å². The second-order valence-corrected chi connectivity index (χ2v) is 1.45. The van der Waals surface area contributed by atoms with Gasteiger partial charge in [0.2, 0.25) is 0 Å². The van der Waals surface area contributed by atoms with Crippen LogP contribution in [-0.4, -0.2) is 0 Å². The van der Waals surface area contributed by atoms with Crippen LogP contribution >= 0.6 is 0 Å². The largest absolute Gasteiger partial charge is 0.0998 e. The first-order valence-corrected chi connectivity index (χ1v) is 1.88. The van der Waals surface area contributed by atoms with E-state index >= 15 is 0 Å². The van der Waals surface area contributed by atoms with Gasteiger partial charge in [-0.2, -0.15) is 0 Å². The highest BCUT2D eigenvalue weighted by Gasteiger charge is 2.02. The molecule has 0 nitrogen and oxygen atoms in total. The first-order chi connectivity index (χ1) is 2.39. The third kappa shape index (κ3) is 0.344. The highest BCUT2D eigenvalue weighted by Crippen LogP contribution is 2.20. The number of hydrogen-bond acceptors (Lipinski definition) is 0. The van der Waals surface area contributed by atoms with Crippen LogP contribution in [0.15, 0.2) is 12.2 Å². The Morgan fingerprint density at radius 1 is 1.60 bits per heavy atom. The van der Waals surface area contributed by atoms with E-state index in [2.05, 4.69) is 13.0 Å². The predicted molar refractivity (Wildman–Crippen MR) is 22.7 cm³/mol. The minimum Gasteiger partial charge on any atom is -0.0998 e. The second-order valence-electron chi connectivity index (χ2n) is 1.45. The lowest BCUT2D eigenvalue weighted by molar-refractivity contribution is 0.857. The van der Waals surface area contributed by atoms with Gasteiger partial charge in [0.15, 0.2) is 0 Å². The minimum absolute atomic E-state index is 1.17. The summed E-state index contributed by atoms with van der Waals surface area (Å²) in [5, 5.41) is 0. The second kappa shape index (κ2) is 0.852. The van der Waals surface area contributed by atoms with Gasteiger partial charge in [0.25, 0.3) is 0 Å². The van der Waals surface area contributed by atoms with E-state index in [1.54, 1.807) is 0 Å². The Kier molecular flexibility index (Phi) is 0.503.